The number of para-hydroxylation sites is 1. The molecule has 0 saturated heterocycles. The summed E-state index contributed by atoms with van der Waals surface area (Å²) in [5.74, 6) is 0.0624. The highest BCUT2D eigenvalue weighted by atomic mass is 35.5. The molecule has 142 valence electrons. The van der Waals surface area contributed by atoms with Gasteiger partial charge >= 0.3 is 0 Å². The summed E-state index contributed by atoms with van der Waals surface area (Å²) in [5, 5.41) is 10.5. The van der Waals surface area contributed by atoms with Crippen molar-refractivity contribution in [3.63, 3.8) is 0 Å². The summed E-state index contributed by atoms with van der Waals surface area (Å²) in [6, 6.07) is 13.8. The summed E-state index contributed by atoms with van der Waals surface area (Å²) in [4.78, 5) is 17.1. The molecule has 1 aromatic carbocycles. The first-order chi connectivity index (χ1) is 13.6. The zero-order valence-electron chi connectivity index (χ0n) is 15.5. The van der Waals surface area contributed by atoms with Gasteiger partial charge in [0.05, 0.1) is 28.3 Å². The molecule has 0 bridgehead atoms. The maximum Gasteiger partial charge on any atom is 0.161 e. The fourth-order valence-corrected chi connectivity index (χ4v) is 5.31. The Morgan fingerprint density at radius 1 is 1.29 bits per heavy atom. The zero-order chi connectivity index (χ0) is 19.8. The first-order valence-corrected chi connectivity index (χ1v) is 10.6. The molecule has 2 aromatic rings. The number of rotatable bonds is 3. The summed E-state index contributed by atoms with van der Waals surface area (Å²) in [6.45, 7) is 2.10. The summed E-state index contributed by atoms with van der Waals surface area (Å²) in [5.41, 5.74) is 9.23. The number of nitrogens with zero attached hydrogens (tertiary/aromatic N) is 2. The molecule has 2 heterocycles. The van der Waals surface area contributed by atoms with Crippen LogP contribution in [0.2, 0.25) is 5.02 Å². The van der Waals surface area contributed by atoms with Crippen molar-refractivity contribution in [2.45, 2.75) is 38.5 Å². The topological polar surface area (TPSA) is 70.1 Å². The number of hydrogen-bond donors (Lipinski definition) is 1. The Morgan fingerprint density at radius 2 is 2.07 bits per heavy atom. The van der Waals surface area contributed by atoms with Crippen LogP contribution >= 0.6 is 22.9 Å². The highest BCUT2D eigenvalue weighted by Crippen LogP contribution is 2.48. The lowest BCUT2D eigenvalue weighted by Crippen LogP contribution is -2.38. The number of allylic oxidation sites excluding steroid dienone is 3. The lowest BCUT2D eigenvalue weighted by molar-refractivity contribution is -0.116. The predicted molar refractivity (Wildman–Crippen MR) is 113 cm³/mol. The van der Waals surface area contributed by atoms with Gasteiger partial charge in [0.25, 0.3) is 0 Å². The molecule has 1 aliphatic carbocycles. The Labute approximate surface area is 173 Å². The Kier molecular flexibility index (Phi) is 5.01. The number of anilines is 1. The van der Waals surface area contributed by atoms with Crippen molar-refractivity contribution in [2.75, 3.05) is 4.90 Å². The summed E-state index contributed by atoms with van der Waals surface area (Å²) in [7, 11) is 0. The highest BCUT2D eigenvalue weighted by Gasteiger charge is 2.41. The summed E-state index contributed by atoms with van der Waals surface area (Å²) in [6.07, 6.45) is 2.92. The van der Waals surface area contributed by atoms with Gasteiger partial charge in [0.15, 0.2) is 5.78 Å². The van der Waals surface area contributed by atoms with E-state index in [1.54, 1.807) is 17.4 Å². The van der Waals surface area contributed by atoms with E-state index in [-0.39, 0.29) is 5.78 Å². The van der Waals surface area contributed by atoms with Crippen LogP contribution in [-0.2, 0) is 11.2 Å². The number of carbonyl (C=O) groups excluding carboxylic acids is 1. The minimum atomic E-state index is -0.392. The van der Waals surface area contributed by atoms with Crippen LogP contribution in [0.4, 0.5) is 5.69 Å². The highest BCUT2D eigenvalue weighted by molar-refractivity contribution is 7.12. The molecule has 1 aliphatic heterocycles. The van der Waals surface area contributed by atoms with Gasteiger partial charge in [-0.3, -0.25) is 9.69 Å². The van der Waals surface area contributed by atoms with Crippen molar-refractivity contribution in [1.82, 2.24) is 0 Å². The molecule has 2 aliphatic rings. The number of nitriles is 1. The number of benzene rings is 1. The molecule has 4 nitrogen and oxygen atoms in total. The van der Waals surface area contributed by atoms with Gasteiger partial charge in [-0.2, -0.15) is 5.26 Å². The fourth-order valence-electron chi connectivity index (χ4n) is 4.02. The number of nitrogens with two attached hydrogens (primary N) is 1. The average Bonchev–Trinajstić information content (AvgIpc) is 3.17. The van der Waals surface area contributed by atoms with Gasteiger partial charge in [-0.25, -0.2) is 0 Å². The number of ketones is 1. The third-order valence-corrected chi connectivity index (χ3v) is 6.94. The first kappa shape index (κ1) is 18.8. The lowest BCUT2D eigenvalue weighted by atomic mass is 9.78. The van der Waals surface area contributed by atoms with Gasteiger partial charge < -0.3 is 5.73 Å². The molecule has 0 amide bonds. The third kappa shape index (κ3) is 2.94. The van der Waals surface area contributed by atoms with Crippen molar-refractivity contribution in [1.29, 1.82) is 5.26 Å². The summed E-state index contributed by atoms with van der Waals surface area (Å²) < 4.78 is 0. The molecule has 4 rings (SSSR count). The largest absolute Gasteiger partial charge is 0.384 e. The number of hydrogen-bond acceptors (Lipinski definition) is 5. The van der Waals surface area contributed by atoms with E-state index in [1.807, 2.05) is 29.2 Å². The number of carbonyl (C=O) groups is 1. The van der Waals surface area contributed by atoms with Crippen molar-refractivity contribution in [2.24, 2.45) is 5.73 Å². The second kappa shape index (κ2) is 7.46. The molecule has 0 fully saturated rings. The van der Waals surface area contributed by atoms with Gasteiger partial charge in [0, 0.05) is 27.4 Å². The number of halogens is 1. The molecular formula is C22H20ClN3OS. The van der Waals surface area contributed by atoms with E-state index in [1.165, 1.54) is 4.88 Å². The van der Waals surface area contributed by atoms with Gasteiger partial charge in [-0.1, -0.05) is 30.7 Å². The van der Waals surface area contributed by atoms with Crippen molar-refractivity contribution < 1.29 is 4.79 Å². The van der Waals surface area contributed by atoms with E-state index in [2.05, 4.69) is 19.1 Å². The molecular weight excluding hydrogens is 390 g/mol. The molecule has 0 unspecified atom stereocenters. The number of Topliss-reactive ketones (excluding diaryl/α,β-unsaturated/α-hetero) is 1. The van der Waals surface area contributed by atoms with E-state index < -0.39 is 5.92 Å². The van der Waals surface area contributed by atoms with Crippen LogP contribution in [0, 0.1) is 11.3 Å². The van der Waals surface area contributed by atoms with Crippen LogP contribution in [0.1, 0.15) is 41.9 Å². The second-order valence-electron chi connectivity index (χ2n) is 6.93. The summed E-state index contributed by atoms with van der Waals surface area (Å²) >= 11 is 8.10. The fraction of sp³-hybridized carbons (Fsp3) is 0.273. The minimum Gasteiger partial charge on any atom is -0.384 e. The molecule has 0 saturated carbocycles. The van der Waals surface area contributed by atoms with Crippen LogP contribution in [0.3, 0.4) is 0 Å². The minimum absolute atomic E-state index is 0.0926. The van der Waals surface area contributed by atoms with E-state index in [0.29, 0.717) is 34.1 Å². The van der Waals surface area contributed by atoms with Gasteiger partial charge in [-0.15, -0.1) is 11.3 Å². The Morgan fingerprint density at radius 3 is 2.75 bits per heavy atom. The van der Waals surface area contributed by atoms with Crippen LogP contribution in [0.5, 0.6) is 0 Å². The van der Waals surface area contributed by atoms with Crippen molar-refractivity contribution in [3.05, 3.63) is 73.8 Å². The SMILES string of the molecule is CCc1ccc([C@H]2C(C#N)=C(N)N(c3ccccc3Cl)C3=C2C(=O)CCC3)s1. The zero-order valence-corrected chi connectivity index (χ0v) is 17.1. The predicted octanol–water partition coefficient (Wildman–Crippen LogP) is 5.27. The van der Waals surface area contributed by atoms with Crippen LogP contribution in [0.25, 0.3) is 0 Å². The quantitative estimate of drug-likeness (QED) is 0.749. The molecule has 28 heavy (non-hydrogen) atoms. The Balaban J connectivity index is 1.97. The van der Waals surface area contributed by atoms with E-state index >= 15 is 0 Å². The van der Waals surface area contributed by atoms with Gasteiger partial charge in [0.2, 0.25) is 0 Å². The molecule has 6 heteroatoms. The third-order valence-electron chi connectivity index (χ3n) is 5.32. The van der Waals surface area contributed by atoms with E-state index in [9.17, 15) is 10.1 Å². The Bertz CT molecular complexity index is 1060. The van der Waals surface area contributed by atoms with E-state index in [0.717, 1.165) is 29.8 Å². The molecule has 1 aromatic heterocycles. The number of aryl methyl sites for hydroxylation is 1. The van der Waals surface area contributed by atoms with E-state index in [4.69, 9.17) is 17.3 Å². The molecule has 2 N–H and O–H groups in total. The lowest BCUT2D eigenvalue weighted by Gasteiger charge is -2.39. The second-order valence-corrected chi connectivity index (χ2v) is 8.53. The van der Waals surface area contributed by atoms with Gasteiger partial charge in [0.1, 0.15) is 5.82 Å². The van der Waals surface area contributed by atoms with Crippen molar-refractivity contribution >= 4 is 34.4 Å². The normalized spacial score (nSPS) is 19.7. The Hall–Kier alpha value is -2.55. The number of thiophene rings is 1. The maximum absolute atomic E-state index is 13.0. The average molecular weight is 410 g/mol. The standard InChI is InChI=1S/C22H20ClN3OS/c1-2-13-10-11-19(28-13)20-14(12-24)22(25)26(16-7-4-3-6-15(16)23)17-8-5-9-18(27)21(17)20/h3-4,6-7,10-11,20H,2,5,8-9,25H2,1H3/t20-/m1/s1. The van der Waals surface area contributed by atoms with Crippen LogP contribution < -0.4 is 10.6 Å². The van der Waals surface area contributed by atoms with Gasteiger partial charge in [-0.05, 0) is 43.5 Å². The monoisotopic (exact) mass is 409 g/mol. The maximum atomic E-state index is 13.0. The molecule has 0 spiro atoms. The van der Waals surface area contributed by atoms with Crippen molar-refractivity contribution in [3.8, 4) is 6.07 Å². The van der Waals surface area contributed by atoms with Crippen LogP contribution in [0.15, 0.2) is 59.1 Å². The van der Waals surface area contributed by atoms with Crippen LogP contribution in [-0.4, -0.2) is 5.78 Å². The molecule has 0 radical (unpaired) electrons. The smallest absolute Gasteiger partial charge is 0.161 e. The molecule has 1 atom stereocenters. The first-order valence-electron chi connectivity index (χ1n) is 9.36.